The Balaban J connectivity index is 1.44. The predicted octanol–water partition coefficient (Wildman–Crippen LogP) is 4.17. The van der Waals surface area contributed by atoms with Crippen molar-refractivity contribution in [3.8, 4) is 11.5 Å². The molecule has 0 bridgehead atoms. The molecule has 8 heteroatoms. The van der Waals surface area contributed by atoms with Crippen molar-refractivity contribution in [3.63, 3.8) is 0 Å². The number of phenols is 2. The molecule has 2 aromatic heterocycles. The van der Waals surface area contributed by atoms with E-state index in [0.29, 0.717) is 30.5 Å². The largest absolute Gasteiger partial charge is 0.508 e. The molecule has 2 aliphatic rings. The number of hydrogen-bond donors (Lipinski definition) is 3. The van der Waals surface area contributed by atoms with Crippen molar-refractivity contribution in [3.05, 3.63) is 59.0 Å². The van der Waals surface area contributed by atoms with E-state index in [0.717, 1.165) is 29.8 Å². The lowest BCUT2D eigenvalue weighted by molar-refractivity contribution is 0.0748. The van der Waals surface area contributed by atoms with Gasteiger partial charge in [-0.2, -0.15) is 5.10 Å². The number of nitrogens with one attached hydrogen (secondary N) is 1. The molecule has 0 radical (unpaired) electrons. The fourth-order valence-electron chi connectivity index (χ4n) is 4.78. The van der Waals surface area contributed by atoms with Gasteiger partial charge in [-0.1, -0.05) is 25.3 Å². The summed E-state index contributed by atoms with van der Waals surface area (Å²) in [6.45, 7) is 0.811. The van der Waals surface area contributed by atoms with Crippen molar-refractivity contribution < 1.29 is 15.0 Å². The van der Waals surface area contributed by atoms with Gasteiger partial charge >= 0.3 is 0 Å². The van der Waals surface area contributed by atoms with Gasteiger partial charge in [0, 0.05) is 43.9 Å². The molecule has 1 aromatic carbocycles. The number of fused-ring (bicyclic) bond motifs is 1. The molecule has 1 saturated carbocycles. The highest BCUT2D eigenvalue weighted by molar-refractivity contribution is 6.03. The minimum atomic E-state index is -0.322. The fourth-order valence-corrected chi connectivity index (χ4v) is 4.78. The molecule has 32 heavy (non-hydrogen) atoms. The summed E-state index contributed by atoms with van der Waals surface area (Å²) in [7, 11) is 1.85. The van der Waals surface area contributed by atoms with Gasteiger partial charge in [-0.3, -0.25) is 14.5 Å². The highest BCUT2D eigenvalue weighted by Crippen LogP contribution is 2.37. The molecule has 0 spiro atoms. The Labute approximate surface area is 186 Å². The van der Waals surface area contributed by atoms with Crippen LogP contribution >= 0.6 is 0 Å². The summed E-state index contributed by atoms with van der Waals surface area (Å²) < 4.78 is 1.74. The normalized spacial score (nSPS) is 16.2. The molecule has 0 unspecified atom stereocenters. The Hall–Kier alpha value is -3.55. The number of hydrogen-bond acceptors (Lipinski definition) is 6. The summed E-state index contributed by atoms with van der Waals surface area (Å²) >= 11 is 0. The van der Waals surface area contributed by atoms with Gasteiger partial charge < -0.3 is 20.4 Å². The van der Waals surface area contributed by atoms with Crippen LogP contribution in [0.15, 0.2) is 36.5 Å². The zero-order chi connectivity index (χ0) is 22.2. The molecule has 3 N–H and O–H groups in total. The average Bonchev–Trinajstić information content (AvgIpc) is 3.37. The maximum absolute atomic E-state index is 13.4. The van der Waals surface area contributed by atoms with Crippen molar-refractivity contribution in [2.24, 2.45) is 7.05 Å². The van der Waals surface area contributed by atoms with Crippen molar-refractivity contribution in [2.45, 2.75) is 51.1 Å². The number of aryl methyl sites for hydroxylation is 1. The average molecular weight is 434 g/mol. The number of carbonyl (C=O) groups excluding carboxylic acids is 1. The minimum absolute atomic E-state index is 0.121. The van der Waals surface area contributed by atoms with Crippen LogP contribution in [0.5, 0.6) is 11.5 Å². The molecular formula is C24H27N5O3. The summed E-state index contributed by atoms with van der Waals surface area (Å²) in [5.41, 5.74) is 3.36. The molecule has 1 amide bonds. The number of anilines is 2. The summed E-state index contributed by atoms with van der Waals surface area (Å²) in [6.07, 6.45) is 7.70. The second-order valence-electron chi connectivity index (χ2n) is 8.70. The Morgan fingerprint density at radius 1 is 1.12 bits per heavy atom. The molecule has 1 aliphatic carbocycles. The van der Waals surface area contributed by atoms with Crippen LogP contribution in [-0.4, -0.2) is 35.8 Å². The first-order valence-electron chi connectivity index (χ1n) is 11.1. The highest BCUT2D eigenvalue weighted by atomic mass is 16.3. The van der Waals surface area contributed by atoms with Crippen LogP contribution in [-0.2, 0) is 20.1 Å². The van der Waals surface area contributed by atoms with Crippen LogP contribution in [0.25, 0.3) is 0 Å². The molecule has 5 rings (SSSR count). The van der Waals surface area contributed by atoms with E-state index in [1.165, 1.54) is 31.4 Å². The zero-order valence-electron chi connectivity index (χ0n) is 18.1. The lowest BCUT2D eigenvalue weighted by atomic mass is 9.87. The Morgan fingerprint density at radius 2 is 1.94 bits per heavy atom. The predicted molar refractivity (Wildman–Crippen MR) is 120 cm³/mol. The summed E-state index contributed by atoms with van der Waals surface area (Å²) in [4.78, 5) is 19.4. The number of aromatic hydroxyl groups is 2. The van der Waals surface area contributed by atoms with E-state index in [1.54, 1.807) is 15.8 Å². The number of rotatable bonds is 4. The third-order valence-electron chi connectivity index (χ3n) is 6.47. The van der Waals surface area contributed by atoms with E-state index in [-0.39, 0.29) is 23.0 Å². The van der Waals surface area contributed by atoms with Crippen LogP contribution in [0.4, 0.5) is 11.5 Å². The van der Waals surface area contributed by atoms with Gasteiger partial charge in [0.05, 0.1) is 23.6 Å². The van der Waals surface area contributed by atoms with Crippen molar-refractivity contribution >= 4 is 17.4 Å². The number of amides is 1. The monoisotopic (exact) mass is 433 g/mol. The van der Waals surface area contributed by atoms with Crippen LogP contribution < -0.4 is 5.32 Å². The van der Waals surface area contributed by atoms with Crippen LogP contribution in [0, 0.1) is 0 Å². The van der Waals surface area contributed by atoms with Gasteiger partial charge in [0.25, 0.3) is 5.91 Å². The van der Waals surface area contributed by atoms with Crippen LogP contribution in [0.3, 0.4) is 0 Å². The molecule has 3 aromatic rings. The standard InChI is InChI=1S/C24H27N5O3/c1-28-22(12-18(27-28)15-6-3-2-4-7-15)26-19-10-17(30)11-21(31)23(19)24(32)29-13-16-8-5-9-25-20(16)14-29/h5,8-12,15,26,30-31H,2-4,6-7,13-14H2,1H3. The van der Waals surface area contributed by atoms with Gasteiger partial charge in [-0.05, 0) is 24.5 Å². The SMILES string of the molecule is Cn1nc(C2CCCCC2)cc1Nc1cc(O)cc(O)c1C(=O)N1Cc2cccnc2C1. The maximum atomic E-state index is 13.4. The van der Waals surface area contributed by atoms with Crippen molar-refractivity contribution in [1.82, 2.24) is 19.7 Å². The van der Waals surface area contributed by atoms with E-state index < -0.39 is 0 Å². The van der Waals surface area contributed by atoms with E-state index in [4.69, 9.17) is 0 Å². The number of benzene rings is 1. The highest BCUT2D eigenvalue weighted by Gasteiger charge is 2.29. The van der Waals surface area contributed by atoms with Gasteiger partial charge in [0.1, 0.15) is 22.9 Å². The molecular weight excluding hydrogens is 406 g/mol. The lowest BCUT2D eigenvalue weighted by Gasteiger charge is -2.19. The van der Waals surface area contributed by atoms with Gasteiger partial charge in [0.2, 0.25) is 0 Å². The fraction of sp³-hybridized carbons (Fsp3) is 0.375. The van der Waals surface area contributed by atoms with Crippen LogP contribution in [0.2, 0.25) is 0 Å². The Morgan fingerprint density at radius 3 is 2.72 bits per heavy atom. The number of carbonyl (C=O) groups is 1. The van der Waals surface area contributed by atoms with Crippen molar-refractivity contribution in [2.75, 3.05) is 5.32 Å². The molecule has 166 valence electrons. The number of aromatic nitrogens is 3. The topological polar surface area (TPSA) is 104 Å². The third kappa shape index (κ3) is 3.77. The quantitative estimate of drug-likeness (QED) is 0.570. The zero-order valence-corrected chi connectivity index (χ0v) is 18.1. The summed E-state index contributed by atoms with van der Waals surface area (Å²) in [5.74, 6) is 0.437. The van der Waals surface area contributed by atoms with E-state index in [9.17, 15) is 15.0 Å². The van der Waals surface area contributed by atoms with E-state index >= 15 is 0 Å². The third-order valence-corrected chi connectivity index (χ3v) is 6.47. The first-order chi connectivity index (χ1) is 15.5. The Kier molecular flexibility index (Phi) is 5.20. The number of nitrogens with zero attached hydrogens (tertiary/aromatic N) is 4. The summed E-state index contributed by atoms with van der Waals surface area (Å²) in [5, 5.41) is 28.6. The second kappa shape index (κ2) is 8.18. The first kappa shape index (κ1) is 20.4. The molecule has 8 nitrogen and oxygen atoms in total. The molecule has 3 heterocycles. The molecule has 1 fully saturated rings. The lowest BCUT2D eigenvalue weighted by Crippen LogP contribution is -2.26. The smallest absolute Gasteiger partial charge is 0.260 e. The van der Waals surface area contributed by atoms with Crippen molar-refractivity contribution in [1.29, 1.82) is 0 Å². The first-order valence-corrected chi connectivity index (χ1v) is 11.1. The van der Waals surface area contributed by atoms with Crippen LogP contribution in [0.1, 0.15) is 65.3 Å². The number of phenolic OH excluding ortho intramolecular Hbond substituents is 2. The molecule has 0 atom stereocenters. The minimum Gasteiger partial charge on any atom is -0.508 e. The maximum Gasteiger partial charge on any atom is 0.260 e. The second-order valence-corrected chi connectivity index (χ2v) is 8.70. The van der Waals surface area contributed by atoms with E-state index in [1.807, 2.05) is 25.2 Å². The number of pyridine rings is 1. The molecule has 1 aliphatic heterocycles. The van der Waals surface area contributed by atoms with Gasteiger partial charge in [-0.15, -0.1) is 0 Å². The van der Waals surface area contributed by atoms with Gasteiger partial charge in [0.15, 0.2) is 0 Å². The van der Waals surface area contributed by atoms with E-state index in [2.05, 4.69) is 15.4 Å². The molecule has 0 saturated heterocycles. The van der Waals surface area contributed by atoms with Gasteiger partial charge in [-0.25, -0.2) is 0 Å². The summed E-state index contributed by atoms with van der Waals surface area (Å²) in [6, 6.07) is 8.46. The Bertz CT molecular complexity index is 1140.